The van der Waals surface area contributed by atoms with Crippen LogP contribution in [-0.2, 0) is 10.0 Å². The molecule has 24 heavy (non-hydrogen) atoms. The second-order valence-electron chi connectivity index (χ2n) is 5.87. The van der Waals surface area contributed by atoms with Crippen LogP contribution in [0.25, 0.3) is 0 Å². The predicted octanol–water partition coefficient (Wildman–Crippen LogP) is 2.38. The first-order chi connectivity index (χ1) is 11.4. The summed E-state index contributed by atoms with van der Waals surface area (Å²) >= 11 is 3.34. The maximum Gasteiger partial charge on any atom is 0.266 e. The summed E-state index contributed by atoms with van der Waals surface area (Å²) in [5.41, 5.74) is 0.622. The Morgan fingerprint density at radius 3 is 2.75 bits per heavy atom. The fraction of sp³-hybridized carbons (Fsp3) is 0.312. The van der Waals surface area contributed by atoms with Gasteiger partial charge in [0.15, 0.2) is 5.82 Å². The first-order valence-corrected chi connectivity index (χ1v) is 9.76. The van der Waals surface area contributed by atoms with Crippen molar-refractivity contribution in [2.45, 2.75) is 4.90 Å². The molecule has 3 rings (SSSR count). The van der Waals surface area contributed by atoms with E-state index in [0.717, 1.165) is 11.0 Å². The van der Waals surface area contributed by atoms with Crippen molar-refractivity contribution in [1.29, 1.82) is 0 Å². The van der Waals surface area contributed by atoms with E-state index in [4.69, 9.17) is 0 Å². The molecule has 0 spiro atoms. The lowest BCUT2D eigenvalue weighted by molar-refractivity contribution is 0.414. The molecule has 2 aromatic rings. The predicted molar refractivity (Wildman–Crippen MR) is 98.8 cm³/mol. The van der Waals surface area contributed by atoms with Crippen molar-refractivity contribution >= 4 is 37.5 Å². The van der Waals surface area contributed by atoms with Crippen LogP contribution in [0, 0.1) is 0 Å². The summed E-state index contributed by atoms with van der Waals surface area (Å²) in [6, 6.07) is 10.3. The monoisotopic (exact) mass is 410 g/mol. The van der Waals surface area contributed by atoms with Gasteiger partial charge in [0.2, 0.25) is 0 Å². The Bertz CT molecular complexity index is 841. The van der Waals surface area contributed by atoms with E-state index in [1.807, 2.05) is 25.1 Å². The third-order valence-corrected chi connectivity index (χ3v) is 6.07. The fourth-order valence-corrected chi connectivity index (χ4v) is 4.61. The van der Waals surface area contributed by atoms with Gasteiger partial charge in [-0.2, -0.15) is 0 Å². The number of likely N-dealkylation sites (N-methyl/N-ethyl adjacent to an activating group) is 1. The molecule has 0 amide bonds. The lowest BCUT2D eigenvalue weighted by atomic mass is 10.4. The summed E-state index contributed by atoms with van der Waals surface area (Å²) in [4.78, 5) is 8.71. The maximum atomic E-state index is 13.1. The average molecular weight is 411 g/mol. The van der Waals surface area contributed by atoms with Crippen LogP contribution in [0.3, 0.4) is 0 Å². The van der Waals surface area contributed by atoms with Gasteiger partial charge >= 0.3 is 0 Å². The minimum Gasteiger partial charge on any atom is -0.335 e. The van der Waals surface area contributed by atoms with Crippen molar-refractivity contribution in [3.8, 4) is 0 Å². The lowest BCUT2D eigenvalue weighted by Crippen LogP contribution is -2.38. The minimum absolute atomic E-state index is 0.265. The number of nitrogens with zero attached hydrogens (tertiary/aromatic N) is 4. The minimum atomic E-state index is -3.64. The van der Waals surface area contributed by atoms with Crippen LogP contribution in [0.2, 0.25) is 0 Å². The van der Waals surface area contributed by atoms with E-state index >= 15 is 0 Å². The number of halogens is 1. The molecule has 0 saturated heterocycles. The topological polar surface area (TPSA) is 56.8 Å². The van der Waals surface area contributed by atoms with E-state index in [1.54, 1.807) is 36.5 Å². The highest BCUT2D eigenvalue weighted by molar-refractivity contribution is 9.10. The van der Waals surface area contributed by atoms with E-state index in [-0.39, 0.29) is 11.6 Å². The van der Waals surface area contributed by atoms with E-state index in [0.29, 0.717) is 18.1 Å². The summed E-state index contributed by atoms with van der Waals surface area (Å²) in [5.74, 6) is 0.706. The zero-order valence-corrected chi connectivity index (χ0v) is 16.0. The summed E-state index contributed by atoms with van der Waals surface area (Å²) in [6.07, 6.45) is 1.69. The Morgan fingerprint density at radius 2 is 2.04 bits per heavy atom. The van der Waals surface area contributed by atoms with Crippen molar-refractivity contribution in [3.05, 3.63) is 47.1 Å². The molecule has 2 heterocycles. The molecule has 0 fully saturated rings. The van der Waals surface area contributed by atoms with Crippen molar-refractivity contribution in [1.82, 2.24) is 9.88 Å². The number of sulfonamides is 1. The van der Waals surface area contributed by atoms with Gasteiger partial charge in [-0.25, -0.2) is 17.7 Å². The zero-order valence-electron chi connectivity index (χ0n) is 13.6. The van der Waals surface area contributed by atoms with Crippen LogP contribution in [0.4, 0.5) is 11.5 Å². The zero-order chi connectivity index (χ0) is 17.3. The maximum absolute atomic E-state index is 13.1. The Labute approximate surface area is 150 Å². The van der Waals surface area contributed by atoms with Gasteiger partial charge in [-0.3, -0.25) is 0 Å². The number of aromatic nitrogens is 1. The third-order valence-electron chi connectivity index (χ3n) is 3.83. The first-order valence-electron chi connectivity index (χ1n) is 7.52. The number of benzene rings is 1. The van der Waals surface area contributed by atoms with E-state index in [9.17, 15) is 8.42 Å². The number of anilines is 2. The largest absolute Gasteiger partial charge is 0.335 e. The molecular formula is C16H19BrN4O2S. The second-order valence-corrected chi connectivity index (χ2v) is 8.64. The second kappa shape index (κ2) is 6.70. The Kier molecular flexibility index (Phi) is 4.80. The van der Waals surface area contributed by atoms with Gasteiger partial charge in [-0.15, -0.1) is 0 Å². The standard InChI is InChI=1S/C16H19BrN4O2S/c1-19(2)9-10-20-12-21(15-7-4-8-18-16(15)20)24(22,23)14-6-3-5-13(17)11-14/h3-8,11H,9-10,12H2,1-2H3. The van der Waals surface area contributed by atoms with E-state index < -0.39 is 10.0 Å². The molecule has 1 aromatic carbocycles. The molecule has 128 valence electrons. The van der Waals surface area contributed by atoms with Gasteiger partial charge in [0.05, 0.1) is 10.6 Å². The van der Waals surface area contributed by atoms with E-state index in [2.05, 4.69) is 25.8 Å². The van der Waals surface area contributed by atoms with Crippen LogP contribution in [-0.4, -0.2) is 52.2 Å². The van der Waals surface area contributed by atoms with Gasteiger partial charge in [-0.05, 0) is 44.4 Å². The molecule has 8 heteroatoms. The number of fused-ring (bicyclic) bond motifs is 1. The summed E-state index contributed by atoms with van der Waals surface area (Å²) in [7, 11) is 0.345. The average Bonchev–Trinajstić information content (AvgIpc) is 2.92. The normalized spacial score (nSPS) is 14.3. The van der Waals surface area contributed by atoms with Gasteiger partial charge in [0, 0.05) is 23.8 Å². The molecule has 0 unspecified atom stereocenters. The molecule has 0 saturated carbocycles. The van der Waals surface area contributed by atoms with E-state index in [1.165, 1.54) is 4.31 Å². The molecule has 0 N–H and O–H groups in total. The van der Waals surface area contributed by atoms with Crippen molar-refractivity contribution < 1.29 is 8.42 Å². The quantitative estimate of drug-likeness (QED) is 0.756. The highest BCUT2D eigenvalue weighted by atomic mass is 79.9. The van der Waals surface area contributed by atoms with Gasteiger partial charge in [-0.1, -0.05) is 22.0 Å². The number of pyridine rings is 1. The van der Waals surface area contributed by atoms with Crippen molar-refractivity contribution in [2.75, 3.05) is 43.1 Å². The van der Waals surface area contributed by atoms with Crippen LogP contribution < -0.4 is 9.21 Å². The Balaban J connectivity index is 1.97. The first kappa shape index (κ1) is 17.2. The van der Waals surface area contributed by atoms with Crippen molar-refractivity contribution in [2.24, 2.45) is 0 Å². The molecule has 6 nitrogen and oxygen atoms in total. The molecule has 0 aliphatic carbocycles. The van der Waals surface area contributed by atoms with Crippen LogP contribution >= 0.6 is 15.9 Å². The van der Waals surface area contributed by atoms with Gasteiger partial charge in [0.25, 0.3) is 10.0 Å². The lowest BCUT2D eigenvalue weighted by Gasteiger charge is -2.22. The summed E-state index contributed by atoms with van der Waals surface area (Å²) < 4.78 is 28.3. The highest BCUT2D eigenvalue weighted by Gasteiger charge is 2.35. The molecule has 0 atom stereocenters. The smallest absolute Gasteiger partial charge is 0.266 e. The van der Waals surface area contributed by atoms with Crippen LogP contribution in [0.15, 0.2) is 52.0 Å². The molecule has 1 aliphatic heterocycles. The SMILES string of the molecule is CN(C)CCN1CN(S(=O)(=O)c2cccc(Br)c2)c2cccnc21. The van der Waals surface area contributed by atoms with Crippen LogP contribution in [0.1, 0.15) is 0 Å². The Hall–Kier alpha value is -1.64. The summed E-state index contributed by atoms with van der Waals surface area (Å²) in [6.45, 7) is 1.80. The molecule has 1 aromatic heterocycles. The third kappa shape index (κ3) is 3.26. The number of hydrogen-bond acceptors (Lipinski definition) is 5. The number of rotatable bonds is 5. The molecular weight excluding hydrogens is 392 g/mol. The van der Waals surface area contributed by atoms with Gasteiger partial charge in [0.1, 0.15) is 6.67 Å². The van der Waals surface area contributed by atoms with Gasteiger partial charge < -0.3 is 9.80 Å². The molecule has 1 aliphatic rings. The van der Waals surface area contributed by atoms with Crippen molar-refractivity contribution in [3.63, 3.8) is 0 Å². The molecule has 0 radical (unpaired) electrons. The number of hydrogen-bond donors (Lipinski definition) is 0. The fourth-order valence-electron chi connectivity index (χ4n) is 2.58. The summed E-state index contributed by atoms with van der Waals surface area (Å²) in [5, 5.41) is 0. The van der Waals surface area contributed by atoms with Crippen LogP contribution in [0.5, 0.6) is 0 Å². The highest BCUT2D eigenvalue weighted by Crippen LogP contribution is 2.37. The Morgan fingerprint density at radius 1 is 1.25 bits per heavy atom. The molecule has 0 bridgehead atoms.